The second-order valence-corrected chi connectivity index (χ2v) is 5.85. The molecule has 122 valence electrons. The molecule has 1 aromatic heterocycles. The third kappa shape index (κ3) is 3.37. The molecule has 2 heterocycles. The van der Waals surface area contributed by atoms with Gasteiger partial charge in [-0.1, -0.05) is 0 Å². The fourth-order valence-electron chi connectivity index (χ4n) is 2.26. The average Bonchev–Trinajstić information content (AvgIpc) is 2.84. The van der Waals surface area contributed by atoms with Gasteiger partial charge in [-0.15, -0.1) is 23.7 Å². The first kappa shape index (κ1) is 18.3. The van der Waals surface area contributed by atoms with E-state index < -0.39 is 30.7 Å². The highest BCUT2D eigenvalue weighted by Gasteiger charge is 2.72. The molecule has 0 amide bonds. The molecule has 3 nitrogen and oxygen atoms in total. The van der Waals surface area contributed by atoms with Crippen LogP contribution in [-0.2, 0) is 6.54 Å². The molecule has 1 fully saturated rings. The third-order valence-electron chi connectivity index (χ3n) is 3.38. The number of nitrogens with two attached hydrogens (primary N) is 1. The van der Waals surface area contributed by atoms with Crippen molar-refractivity contribution in [2.45, 2.75) is 25.3 Å². The van der Waals surface area contributed by atoms with E-state index in [1.54, 1.807) is 0 Å². The Hall–Kier alpha value is -0.740. The quantitative estimate of drug-likeness (QED) is 0.826. The summed E-state index contributed by atoms with van der Waals surface area (Å²) >= 11 is 1.05. The van der Waals surface area contributed by atoms with Crippen LogP contribution in [0.4, 0.5) is 31.5 Å². The highest BCUT2D eigenvalue weighted by atomic mass is 35.5. The van der Waals surface area contributed by atoms with Gasteiger partial charge in [0.05, 0.1) is 0 Å². The van der Waals surface area contributed by atoms with Crippen molar-refractivity contribution in [1.29, 1.82) is 0 Å². The molecule has 1 aliphatic rings. The summed E-state index contributed by atoms with van der Waals surface area (Å²) in [5.74, 6) is 0. The Morgan fingerprint density at radius 3 is 2.19 bits per heavy atom. The smallest absolute Gasteiger partial charge is 0.375 e. The summed E-state index contributed by atoms with van der Waals surface area (Å²) in [5.41, 5.74) is 1.73. The standard InChI is InChI=1S/C10H11F6N3S.ClH/c11-9(12,13)8(10(14,15)16)1-2-19(5-8)4-6-3-18-7(17)20-6;/h3H,1-2,4-5H2,(H2,17,18);1H. The highest BCUT2D eigenvalue weighted by Crippen LogP contribution is 2.55. The first-order valence-electron chi connectivity index (χ1n) is 5.61. The summed E-state index contributed by atoms with van der Waals surface area (Å²) in [7, 11) is 0. The summed E-state index contributed by atoms with van der Waals surface area (Å²) in [4.78, 5) is 5.39. The van der Waals surface area contributed by atoms with Crippen molar-refractivity contribution in [2.24, 2.45) is 5.41 Å². The first-order valence-corrected chi connectivity index (χ1v) is 6.43. The van der Waals surface area contributed by atoms with E-state index in [1.165, 1.54) is 6.20 Å². The van der Waals surface area contributed by atoms with Crippen LogP contribution in [0.25, 0.3) is 0 Å². The van der Waals surface area contributed by atoms with Crippen LogP contribution < -0.4 is 5.73 Å². The van der Waals surface area contributed by atoms with Crippen LogP contribution in [0.3, 0.4) is 0 Å². The fraction of sp³-hybridized carbons (Fsp3) is 0.700. The Morgan fingerprint density at radius 2 is 1.81 bits per heavy atom. The van der Waals surface area contributed by atoms with E-state index in [4.69, 9.17) is 5.73 Å². The van der Waals surface area contributed by atoms with E-state index in [-0.39, 0.29) is 30.6 Å². The van der Waals surface area contributed by atoms with Crippen molar-refractivity contribution in [2.75, 3.05) is 18.8 Å². The molecular weight excluding hydrogens is 344 g/mol. The van der Waals surface area contributed by atoms with Crippen molar-refractivity contribution in [1.82, 2.24) is 9.88 Å². The monoisotopic (exact) mass is 355 g/mol. The molecule has 0 aliphatic carbocycles. The van der Waals surface area contributed by atoms with Crippen LogP contribution in [0.5, 0.6) is 0 Å². The first-order chi connectivity index (χ1) is 9.05. The van der Waals surface area contributed by atoms with Crippen LogP contribution in [0.1, 0.15) is 11.3 Å². The molecule has 0 spiro atoms. The number of likely N-dealkylation sites (tertiary alicyclic amines) is 1. The van der Waals surface area contributed by atoms with Crippen LogP contribution >= 0.6 is 23.7 Å². The molecule has 0 bridgehead atoms. The van der Waals surface area contributed by atoms with Crippen molar-refractivity contribution >= 4 is 28.9 Å². The van der Waals surface area contributed by atoms with Gasteiger partial charge in [-0.05, 0) is 13.0 Å². The lowest BCUT2D eigenvalue weighted by Gasteiger charge is -2.33. The molecule has 0 unspecified atom stereocenters. The van der Waals surface area contributed by atoms with Gasteiger partial charge in [0.2, 0.25) is 0 Å². The summed E-state index contributed by atoms with van der Waals surface area (Å²) in [6.07, 6.45) is -10.2. The van der Waals surface area contributed by atoms with Crippen LogP contribution in [-0.4, -0.2) is 35.3 Å². The Kier molecular flexibility index (Phi) is 5.06. The number of halogens is 7. The van der Waals surface area contributed by atoms with Gasteiger partial charge in [0, 0.05) is 24.2 Å². The van der Waals surface area contributed by atoms with E-state index in [9.17, 15) is 26.3 Å². The molecule has 0 aromatic carbocycles. The van der Waals surface area contributed by atoms with E-state index in [0.717, 1.165) is 16.2 Å². The second kappa shape index (κ2) is 5.81. The fourth-order valence-corrected chi connectivity index (χ4v) is 2.99. The minimum absolute atomic E-state index is 0. The highest BCUT2D eigenvalue weighted by molar-refractivity contribution is 7.15. The zero-order valence-electron chi connectivity index (χ0n) is 10.5. The van der Waals surface area contributed by atoms with Crippen LogP contribution in [0, 0.1) is 5.41 Å². The van der Waals surface area contributed by atoms with Gasteiger partial charge in [0.25, 0.3) is 0 Å². The summed E-state index contributed by atoms with van der Waals surface area (Å²) in [6, 6.07) is 0. The SMILES string of the molecule is Cl.Nc1ncc(CN2CCC(C(F)(F)F)(C(F)(F)F)C2)s1. The maximum absolute atomic E-state index is 12.9. The number of hydrogen-bond donors (Lipinski definition) is 1. The zero-order valence-corrected chi connectivity index (χ0v) is 12.1. The molecule has 21 heavy (non-hydrogen) atoms. The number of hydrogen-bond acceptors (Lipinski definition) is 4. The molecule has 0 saturated carbocycles. The number of anilines is 1. The second-order valence-electron chi connectivity index (χ2n) is 4.70. The average molecular weight is 356 g/mol. The van der Waals surface area contributed by atoms with Gasteiger partial charge in [-0.25, -0.2) is 4.98 Å². The number of aromatic nitrogens is 1. The molecule has 1 aromatic rings. The van der Waals surface area contributed by atoms with E-state index in [1.807, 2.05) is 0 Å². The van der Waals surface area contributed by atoms with Gasteiger partial charge in [0.1, 0.15) is 0 Å². The topological polar surface area (TPSA) is 42.1 Å². The van der Waals surface area contributed by atoms with Crippen LogP contribution in [0.15, 0.2) is 6.20 Å². The molecule has 11 heteroatoms. The van der Waals surface area contributed by atoms with Crippen molar-refractivity contribution in [3.63, 3.8) is 0 Å². The summed E-state index contributed by atoms with van der Waals surface area (Å²) in [6.45, 7) is -1.36. The van der Waals surface area contributed by atoms with E-state index in [2.05, 4.69) is 4.98 Å². The third-order valence-corrected chi connectivity index (χ3v) is 4.20. The molecule has 0 atom stereocenters. The lowest BCUT2D eigenvalue weighted by Crippen LogP contribution is -2.51. The van der Waals surface area contributed by atoms with E-state index in [0.29, 0.717) is 4.88 Å². The number of nitrogen functional groups attached to an aromatic ring is 1. The zero-order chi connectivity index (χ0) is 15.2. The van der Waals surface area contributed by atoms with E-state index >= 15 is 0 Å². The number of rotatable bonds is 2. The Balaban J connectivity index is 0.00000220. The molecule has 2 rings (SSSR count). The lowest BCUT2D eigenvalue weighted by atomic mass is 9.85. The maximum Gasteiger partial charge on any atom is 0.404 e. The van der Waals surface area contributed by atoms with Crippen molar-refractivity contribution < 1.29 is 26.3 Å². The number of alkyl halides is 6. The van der Waals surface area contributed by atoms with Crippen molar-refractivity contribution in [3.8, 4) is 0 Å². The lowest BCUT2D eigenvalue weighted by molar-refractivity contribution is -0.335. The minimum Gasteiger partial charge on any atom is -0.375 e. The Bertz CT molecular complexity index is 472. The molecular formula is C10H12ClF6N3S. The normalized spacial score (nSPS) is 19.5. The minimum atomic E-state index is -5.31. The summed E-state index contributed by atoms with van der Waals surface area (Å²) < 4.78 is 77.1. The van der Waals surface area contributed by atoms with Gasteiger partial charge in [-0.3, -0.25) is 4.90 Å². The predicted molar refractivity (Wildman–Crippen MR) is 68.2 cm³/mol. The number of nitrogens with zero attached hydrogens (tertiary/aromatic N) is 2. The Morgan fingerprint density at radius 1 is 1.24 bits per heavy atom. The van der Waals surface area contributed by atoms with Crippen LogP contribution in [0.2, 0.25) is 0 Å². The Labute approximate surface area is 126 Å². The molecule has 0 radical (unpaired) electrons. The van der Waals surface area contributed by atoms with Gasteiger partial charge >= 0.3 is 12.4 Å². The summed E-state index contributed by atoms with van der Waals surface area (Å²) in [5, 5.41) is 0.233. The molecule has 1 saturated heterocycles. The molecule has 1 aliphatic heterocycles. The predicted octanol–water partition coefficient (Wildman–Crippen LogP) is 3.46. The van der Waals surface area contributed by atoms with Gasteiger partial charge in [-0.2, -0.15) is 26.3 Å². The van der Waals surface area contributed by atoms with Gasteiger partial charge < -0.3 is 5.73 Å². The number of thiazole rings is 1. The molecule has 2 N–H and O–H groups in total. The largest absolute Gasteiger partial charge is 0.404 e. The van der Waals surface area contributed by atoms with Crippen molar-refractivity contribution in [3.05, 3.63) is 11.1 Å². The van der Waals surface area contributed by atoms with Gasteiger partial charge in [0.15, 0.2) is 10.5 Å². The maximum atomic E-state index is 12.9.